The lowest BCUT2D eigenvalue weighted by molar-refractivity contribution is -0.00137. The van der Waals surface area contributed by atoms with E-state index in [-0.39, 0.29) is 0 Å². The fourth-order valence-corrected chi connectivity index (χ4v) is 3.75. The zero-order valence-electron chi connectivity index (χ0n) is 15.1. The van der Waals surface area contributed by atoms with Crippen LogP contribution in [0.25, 0.3) is 0 Å². The monoisotopic (exact) mass is 380 g/mol. The van der Waals surface area contributed by atoms with E-state index in [0.717, 1.165) is 51.7 Å². The smallest absolute Gasteiger partial charge is 0.129 e. The summed E-state index contributed by atoms with van der Waals surface area (Å²) in [7, 11) is 0. The van der Waals surface area contributed by atoms with Gasteiger partial charge in [-0.15, -0.1) is 11.3 Å². The third-order valence-electron chi connectivity index (χ3n) is 4.40. The van der Waals surface area contributed by atoms with Crippen LogP contribution in [0.3, 0.4) is 0 Å². The Morgan fingerprint density at radius 1 is 1.27 bits per heavy atom. The number of aliphatic hydroxyl groups is 1. The van der Waals surface area contributed by atoms with Crippen molar-refractivity contribution < 1.29 is 19.0 Å². The first-order chi connectivity index (χ1) is 12.8. The number of rotatable bonds is 11. The summed E-state index contributed by atoms with van der Waals surface area (Å²) in [6, 6.07) is 7.93. The molecule has 6 nitrogen and oxygen atoms in total. The molecule has 1 aliphatic heterocycles. The van der Waals surface area contributed by atoms with E-state index in [4.69, 9.17) is 13.9 Å². The van der Waals surface area contributed by atoms with Crippen molar-refractivity contribution in [2.75, 3.05) is 52.5 Å². The molecule has 0 saturated carbocycles. The predicted molar refractivity (Wildman–Crippen MR) is 101 cm³/mol. The van der Waals surface area contributed by atoms with Crippen LogP contribution in [0.5, 0.6) is 0 Å². The molecule has 1 fully saturated rings. The standard InChI is InChI=1S/C19H28N2O4S/c22-17(15-24-16-18-3-1-9-25-18)13-21(14-19-4-2-12-26-19)6-5-20-7-10-23-11-8-20/h1-4,9,12,17,22H,5-8,10-11,13-16H2. The van der Waals surface area contributed by atoms with Crippen LogP contribution >= 0.6 is 11.3 Å². The van der Waals surface area contributed by atoms with Crippen molar-refractivity contribution in [1.29, 1.82) is 0 Å². The minimum atomic E-state index is -0.519. The highest BCUT2D eigenvalue weighted by Gasteiger charge is 2.16. The zero-order chi connectivity index (χ0) is 18.0. The zero-order valence-corrected chi connectivity index (χ0v) is 15.9. The molecule has 2 aromatic rings. The van der Waals surface area contributed by atoms with Gasteiger partial charge >= 0.3 is 0 Å². The molecular formula is C19H28N2O4S. The lowest BCUT2D eigenvalue weighted by Crippen LogP contribution is -2.43. The Morgan fingerprint density at radius 3 is 2.88 bits per heavy atom. The van der Waals surface area contributed by atoms with Gasteiger partial charge in [-0.2, -0.15) is 0 Å². The van der Waals surface area contributed by atoms with E-state index in [0.29, 0.717) is 19.8 Å². The van der Waals surface area contributed by atoms with Crippen LogP contribution in [-0.4, -0.2) is 73.6 Å². The first kappa shape index (κ1) is 19.5. The van der Waals surface area contributed by atoms with Gasteiger partial charge in [0.05, 0.1) is 32.2 Å². The predicted octanol–water partition coefficient (Wildman–Crippen LogP) is 2.05. The molecule has 0 spiro atoms. The molecule has 1 atom stereocenters. The number of thiophene rings is 1. The van der Waals surface area contributed by atoms with Gasteiger partial charge in [0.2, 0.25) is 0 Å². The summed E-state index contributed by atoms with van der Waals surface area (Å²) in [4.78, 5) is 6.04. The fourth-order valence-electron chi connectivity index (χ4n) is 3.01. The van der Waals surface area contributed by atoms with Gasteiger partial charge in [0.1, 0.15) is 12.4 Å². The summed E-state index contributed by atoms with van der Waals surface area (Å²) >= 11 is 1.76. The second-order valence-corrected chi connectivity index (χ2v) is 7.55. The summed E-state index contributed by atoms with van der Waals surface area (Å²) in [5, 5.41) is 12.5. The maximum Gasteiger partial charge on any atom is 0.129 e. The van der Waals surface area contributed by atoms with Crippen LogP contribution in [0, 0.1) is 0 Å². The fraction of sp³-hybridized carbons (Fsp3) is 0.579. The normalized spacial score (nSPS) is 17.0. The highest BCUT2D eigenvalue weighted by Crippen LogP contribution is 2.13. The molecule has 0 aliphatic carbocycles. The average Bonchev–Trinajstić information content (AvgIpc) is 3.35. The van der Waals surface area contributed by atoms with E-state index in [1.54, 1.807) is 17.6 Å². The van der Waals surface area contributed by atoms with E-state index in [9.17, 15) is 5.11 Å². The van der Waals surface area contributed by atoms with Crippen LogP contribution in [0.1, 0.15) is 10.6 Å². The number of ether oxygens (including phenoxy) is 2. The van der Waals surface area contributed by atoms with Crippen molar-refractivity contribution in [3.05, 3.63) is 46.5 Å². The first-order valence-electron chi connectivity index (χ1n) is 9.12. The Hall–Kier alpha value is -1.22. The molecule has 1 aliphatic rings. The molecule has 3 rings (SSSR count). The lowest BCUT2D eigenvalue weighted by Gasteiger charge is -2.30. The Kier molecular flexibility index (Phi) is 8.13. The molecule has 1 N–H and O–H groups in total. The molecule has 1 unspecified atom stereocenters. The van der Waals surface area contributed by atoms with Crippen LogP contribution < -0.4 is 0 Å². The minimum Gasteiger partial charge on any atom is -0.467 e. The van der Waals surface area contributed by atoms with Crippen molar-refractivity contribution in [1.82, 2.24) is 9.80 Å². The summed E-state index contributed by atoms with van der Waals surface area (Å²) in [6.07, 6.45) is 1.11. The van der Waals surface area contributed by atoms with Gasteiger partial charge < -0.3 is 19.0 Å². The second-order valence-electron chi connectivity index (χ2n) is 6.52. The van der Waals surface area contributed by atoms with Crippen LogP contribution in [0.2, 0.25) is 0 Å². The molecule has 144 valence electrons. The second kappa shape index (κ2) is 10.8. The lowest BCUT2D eigenvalue weighted by atomic mass is 10.3. The van der Waals surface area contributed by atoms with E-state index < -0.39 is 6.10 Å². The van der Waals surface area contributed by atoms with Crippen molar-refractivity contribution >= 4 is 11.3 Å². The molecule has 1 saturated heterocycles. The Balaban J connectivity index is 1.43. The molecule has 0 radical (unpaired) electrons. The average molecular weight is 381 g/mol. The van der Waals surface area contributed by atoms with E-state index in [1.807, 2.05) is 12.1 Å². The third kappa shape index (κ3) is 6.83. The van der Waals surface area contributed by atoms with Gasteiger partial charge in [-0.1, -0.05) is 6.07 Å². The quantitative estimate of drug-likeness (QED) is 0.644. The summed E-state index contributed by atoms with van der Waals surface area (Å²) in [6.45, 7) is 7.67. The maximum atomic E-state index is 10.4. The van der Waals surface area contributed by atoms with Crippen molar-refractivity contribution in [3.63, 3.8) is 0 Å². The van der Waals surface area contributed by atoms with Gasteiger partial charge in [0.25, 0.3) is 0 Å². The maximum absolute atomic E-state index is 10.4. The van der Waals surface area contributed by atoms with Gasteiger partial charge in [0, 0.05) is 44.1 Å². The molecular weight excluding hydrogens is 352 g/mol. The van der Waals surface area contributed by atoms with Crippen LogP contribution in [0.4, 0.5) is 0 Å². The van der Waals surface area contributed by atoms with Gasteiger partial charge in [-0.3, -0.25) is 9.80 Å². The van der Waals surface area contributed by atoms with E-state index in [2.05, 4.69) is 27.3 Å². The summed E-state index contributed by atoms with van der Waals surface area (Å²) < 4.78 is 16.2. The molecule has 0 aromatic carbocycles. The SMILES string of the molecule is OC(COCc1ccco1)CN(CCN1CCOCC1)Cc1cccs1. The highest BCUT2D eigenvalue weighted by molar-refractivity contribution is 7.09. The topological polar surface area (TPSA) is 58.3 Å². The molecule has 7 heteroatoms. The van der Waals surface area contributed by atoms with E-state index in [1.165, 1.54) is 4.88 Å². The number of hydrogen-bond acceptors (Lipinski definition) is 7. The Morgan fingerprint density at radius 2 is 2.15 bits per heavy atom. The summed E-state index contributed by atoms with van der Waals surface area (Å²) in [5.74, 6) is 0.778. The Bertz CT molecular complexity index is 585. The minimum absolute atomic E-state index is 0.305. The number of morpholine rings is 1. The highest BCUT2D eigenvalue weighted by atomic mass is 32.1. The van der Waals surface area contributed by atoms with Gasteiger partial charge in [-0.05, 0) is 23.6 Å². The molecule has 3 heterocycles. The number of nitrogens with zero attached hydrogens (tertiary/aromatic N) is 2. The molecule has 0 bridgehead atoms. The van der Waals surface area contributed by atoms with Crippen LogP contribution in [-0.2, 0) is 22.6 Å². The van der Waals surface area contributed by atoms with Crippen molar-refractivity contribution in [2.24, 2.45) is 0 Å². The summed E-state index contributed by atoms with van der Waals surface area (Å²) in [5.41, 5.74) is 0. The van der Waals surface area contributed by atoms with Crippen LogP contribution in [0.15, 0.2) is 40.3 Å². The van der Waals surface area contributed by atoms with E-state index >= 15 is 0 Å². The largest absolute Gasteiger partial charge is 0.467 e. The third-order valence-corrected chi connectivity index (χ3v) is 5.26. The molecule has 26 heavy (non-hydrogen) atoms. The first-order valence-corrected chi connectivity index (χ1v) is 10.0. The van der Waals surface area contributed by atoms with Crippen molar-refractivity contribution in [2.45, 2.75) is 19.3 Å². The number of hydrogen-bond donors (Lipinski definition) is 1. The van der Waals surface area contributed by atoms with Gasteiger partial charge in [-0.25, -0.2) is 0 Å². The molecule has 0 amide bonds. The molecule has 2 aromatic heterocycles. The number of aliphatic hydroxyl groups excluding tert-OH is 1. The Labute approximate surface area is 158 Å². The van der Waals surface area contributed by atoms with Gasteiger partial charge in [0.15, 0.2) is 0 Å². The van der Waals surface area contributed by atoms with Crippen molar-refractivity contribution in [3.8, 4) is 0 Å². The number of furan rings is 1.